The number of nitrogens with one attached hydrogen (secondary N) is 2. The third-order valence-corrected chi connectivity index (χ3v) is 4.50. The first-order valence-electron chi connectivity index (χ1n) is 10.1. The molecule has 0 radical (unpaired) electrons. The summed E-state index contributed by atoms with van der Waals surface area (Å²) in [4.78, 5) is 24.4. The molecule has 164 valence electrons. The van der Waals surface area contributed by atoms with E-state index in [4.69, 9.17) is 9.47 Å². The molecule has 2 N–H and O–H groups in total. The molecule has 0 atom stereocenters. The molecule has 2 amide bonds. The number of nitrogens with zero attached hydrogens (tertiary/aromatic N) is 1. The second kappa shape index (κ2) is 11.3. The Morgan fingerprint density at radius 2 is 1.53 bits per heavy atom. The first-order chi connectivity index (χ1) is 15.5. The Hall–Kier alpha value is -4.13. The van der Waals surface area contributed by atoms with Gasteiger partial charge in [-0.2, -0.15) is 5.10 Å². The second-order valence-electron chi connectivity index (χ2n) is 7.04. The van der Waals surface area contributed by atoms with Crippen LogP contribution in [0.3, 0.4) is 0 Å². The Bertz CT molecular complexity index is 1060. The molecule has 0 saturated heterocycles. The number of hydrogen-bond acceptors (Lipinski definition) is 5. The van der Waals surface area contributed by atoms with E-state index in [-0.39, 0.29) is 18.2 Å². The molecule has 0 aliphatic heterocycles. The van der Waals surface area contributed by atoms with Gasteiger partial charge < -0.3 is 14.8 Å². The van der Waals surface area contributed by atoms with E-state index >= 15 is 0 Å². The summed E-state index contributed by atoms with van der Waals surface area (Å²) in [5.41, 5.74) is 5.11. The van der Waals surface area contributed by atoms with Crippen molar-refractivity contribution in [3.63, 3.8) is 0 Å². The monoisotopic (exact) mass is 431 g/mol. The Morgan fingerprint density at radius 1 is 0.875 bits per heavy atom. The normalized spacial score (nSPS) is 10.9. The van der Waals surface area contributed by atoms with Gasteiger partial charge in [0.25, 0.3) is 5.91 Å². The zero-order chi connectivity index (χ0) is 22.8. The molecule has 0 heterocycles. The van der Waals surface area contributed by atoms with Crippen LogP contribution in [0.25, 0.3) is 0 Å². The molecule has 0 unspecified atom stereocenters. The second-order valence-corrected chi connectivity index (χ2v) is 7.04. The van der Waals surface area contributed by atoms with Crippen LogP contribution >= 0.6 is 0 Å². The van der Waals surface area contributed by atoms with Gasteiger partial charge in [0.15, 0.2) is 0 Å². The summed E-state index contributed by atoms with van der Waals surface area (Å²) in [6.07, 6.45) is 0.0507. The highest BCUT2D eigenvalue weighted by atomic mass is 16.5. The molecule has 0 aromatic heterocycles. The number of hydrazone groups is 1. The van der Waals surface area contributed by atoms with Crippen LogP contribution in [-0.2, 0) is 11.4 Å². The molecule has 0 spiro atoms. The molecule has 0 aliphatic carbocycles. The van der Waals surface area contributed by atoms with Gasteiger partial charge in [-0.05, 0) is 61.0 Å². The minimum Gasteiger partial charge on any atom is -0.497 e. The van der Waals surface area contributed by atoms with Gasteiger partial charge in [0, 0.05) is 17.0 Å². The maximum absolute atomic E-state index is 12.3. The van der Waals surface area contributed by atoms with E-state index in [1.807, 2.05) is 30.3 Å². The summed E-state index contributed by atoms with van der Waals surface area (Å²) in [6.45, 7) is 2.15. The zero-order valence-electron chi connectivity index (χ0n) is 18.0. The van der Waals surface area contributed by atoms with Crippen molar-refractivity contribution in [1.82, 2.24) is 5.43 Å². The molecule has 7 nitrogen and oxygen atoms in total. The summed E-state index contributed by atoms with van der Waals surface area (Å²) in [5.74, 6) is 0.779. The van der Waals surface area contributed by atoms with Crippen molar-refractivity contribution >= 4 is 23.2 Å². The minimum atomic E-state index is -0.362. The predicted molar refractivity (Wildman–Crippen MR) is 124 cm³/mol. The fourth-order valence-corrected chi connectivity index (χ4v) is 2.81. The lowest BCUT2D eigenvalue weighted by Gasteiger charge is -2.09. The van der Waals surface area contributed by atoms with Crippen LogP contribution in [0.15, 0.2) is 84.0 Å². The molecule has 0 saturated carbocycles. The van der Waals surface area contributed by atoms with Gasteiger partial charge in [-0.25, -0.2) is 5.43 Å². The number of anilines is 1. The zero-order valence-corrected chi connectivity index (χ0v) is 18.0. The van der Waals surface area contributed by atoms with Crippen molar-refractivity contribution in [2.24, 2.45) is 5.10 Å². The van der Waals surface area contributed by atoms with Crippen LogP contribution in [0.4, 0.5) is 5.69 Å². The van der Waals surface area contributed by atoms with Gasteiger partial charge in [-0.15, -0.1) is 0 Å². The fourth-order valence-electron chi connectivity index (χ4n) is 2.81. The van der Waals surface area contributed by atoms with Crippen LogP contribution in [0, 0.1) is 0 Å². The smallest absolute Gasteiger partial charge is 0.271 e. The van der Waals surface area contributed by atoms with Crippen molar-refractivity contribution in [2.45, 2.75) is 20.0 Å². The third kappa shape index (κ3) is 6.98. The highest BCUT2D eigenvalue weighted by molar-refractivity contribution is 6.06. The first-order valence-corrected chi connectivity index (χ1v) is 10.1. The lowest BCUT2D eigenvalue weighted by atomic mass is 10.2. The van der Waals surface area contributed by atoms with Gasteiger partial charge >= 0.3 is 0 Å². The van der Waals surface area contributed by atoms with Gasteiger partial charge in [0.05, 0.1) is 13.5 Å². The van der Waals surface area contributed by atoms with Crippen LogP contribution in [0.5, 0.6) is 11.5 Å². The number of methoxy groups -OCH3 is 1. The third-order valence-electron chi connectivity index (χ3n) is 4.50. The molecule has 7 heteroatoms. The average molecular weight is 431 g/mol. The Kier molecular flexibility index (Phi) is 7.97. The molecule has 32 heavy (non-hydrogen) atoms. The van der Waals surface area contributed by atoms with Crippen molar-refractivity contribution < 1.29 is 19.1 Å². The van der Waals surface area contributed by atoms with E-state index < -0.39 is 0 Å². The topological polar surface area (TPSA) is 89.0 Å². The van der Waals surface area contributed by atoms with E-state index in [9.17, 15) is 9.59 Å². The van der Waals surface area contributed by atoms with Crippen LogP contribution in [0.2, 0.25) is 0 Å². The van der Waals surface area contributed by atoms with E-state index in [1.165, 1.54) is 0 Å². The van der Waals surface area contributed by atoms with Gasteiger partial charge in [-0.1, -0.05) is 30.3 Å². The number of amides is 2. The molecule has 3 aromatic carbocycles. The van der Waals surface area contributed by atoms with E-state index in [2.05, 4.69) is 15.8 Å². The number of carbonyl (C=O) groups is 2. The molecule has 0 fully saturated rings. The summed E-state index contributed by atoms with van der Waals surface area (Å²) in [6, 6.07) is 23.7. The number of benzene rings is 3. The van der Waals surface area contributed by atoms with Crippen molar-refractivity contribution in [3.8, 4) is 11.5 Å². The van der Waals surface area contributed by atoms with Gasteiger partial charge in [-0.3, -0.25) is 9.59 Å². The lowest BCUT2D eigenvalue weighted by Crippen LogP contribution is -2.21. The van der Waals surface area contributed by atoms with Crippen molar-refractivity contribution in [3.05, 3.63) is 90.0 Å². The van der Waals surface area contributed by atoms with E-state index in [0.29, 0.717) is 35.1 Å². The number of carbonyl (C=O) groups excluding carboxylic acids is 2. The minimum absolute atomic E-state index is 0.0507. The molecule has 3 aromatic rings. The summed E-state index contributed by atoms with van der Waals surface area (Å²) in [5, 5.41) is 6.80. The summed E-state index contributed by atoms with van der Waals surface area (Å²) in [7, 11) is 1.56. The first kappa shape index (κ1) is 22.6. The fraction of sp³-hybridized carbons (Fsp3) is 0.160. The average Bonchev–Trinajstić information content (AvgIpc) is 2.82. The van der Waals surface area contributed by atoms with Gasteiger partial charge in [0.1, 0.15) is 18.1 Å². The van der Waals surface area contributed by atoms with Crippen LogP contribution < -0.4 is 20.2 Å². The molecular weight excluding hydrogens is 406 g/mol. The van der Waals surface area contributed by atoms with Crippen molar-refractivity contribution in [2.75, 3.05) is 12.4 Å². The van der Waals surface area contributed by atoms with Crippen LogP contribution in [-0.4, -0.2) is 24.6 Å². The predicted octanol–water partition coefficient (Wildman–Crippen LogP) is 4.41. The van der Waals surface area contributed by atoms with E-state index in [0.717, 1.165) is 5.56 Å². The highest BCUT2D eigenvalue weighted by Crippen LogP contribution is 2.17. The SMILES string of the molecule is COc1ccc(C(=O)NN=C(C)CC(=O)Nc2ccc(OCc3ccccc3)cc2)cc1. The lowest BCUT2D eigenvalue weighted by molar-refractivity contribution is -0.115. The summed E-state index contributed by atoms with van der Waals surface area (Å²) < 4.78 is 10.8. The molecule has 0 bridgehead atoms. The number of hydrogen-bond donors (Lipinski definition) is 2. The number of rotatable bonds is 9. The van der Waals surface area contributed by atoms with Crippen molar-refractivity contribution in [1.29, 1.82) is 0 Å². The molecule has 3 rings (SSSR count). The maximum Gasteiger partial charge on any atom is 0.271 e. The molecule has 0 aliphatic rings. The molecular formula is C25H25N3O4. The Labute approximate surface area is 187 Å². The van der Waals surface area contributed by atoms with Crippen LogP contribution in [0.1, 0.15) is 29.3 Å². The summed E-state index contributed by atoms with van der Waals surface area (Å²) >= 11 is 0. The standard InChI is InChI=1S/C25H25N3O4/c1-18(27-28-25(30)20-8-12-22(31-2)13-9-20)16-24(29)26-21-10-14-23(15-11-21)32-17-19-6-4-3-5-7-19/h3-15H,16-17H2,1-2H3,(H,26,29)(H,28,30). The Balaban J connectivity index is 1.45. The highest BCUT2D eigenvalue weighted by Gasteiger charge is 2.08. The van der Waals surface area contributed by atoms with Gasteiger partial charge in [0.2, 0.25) is 5.91 Å². The Morgan fingerprint density at radius 3 is 2.19 bits per heavy atom. The van der Waals surface area contributed by atoms with E-state index in [1.54, 1.807) is 62.6 Å². The quantitative estimate of drug-likeness (QED) is 0.388. The number of ether oxygens (including phenoxy) is 2. The maximum atomic E-state index is 12.3. The largest absolute Gasteiger partial charge is 0.497 e.